The fourth-order valence-electron chi connectivity index (χ4n) is 0.910. The summed E-state index contributed by atoms with van der Waals surface area (Å²) < 4.78 is 10.5. The van der Waals surface area contributed by atoms with Gasteiger partial charge in [0.1, 0.15) is 25.0 Å². The van der Waals surface area contributed by atoms with Crippen molar-refractivity contribution in [2.75, 3.05) is 33.7 Å². The van der Waals surface area contributed by atoms with E-state index in [-0.39, 0.29) is 11.6 Å². The van der Waals surface area contributed by atoms with Gasteiger partial charge in [-0.1, -0.05) is 13.8 Å². The molecule has 0 aliphatic carbocycles. The van der Waals surface area contributed by atoms with Gasteiger partial charge in [-0.25, -0.2) is 0 Å². The van der Waals surface area contributed by atoms with Crippen molar-refractivity contribution in [1.82, 2.24) is 4.90 Å². The summed E-state index contributed by atoms with van der Waals surface area (Å²) >= 11 is 0. The summed E-state index contributed by atoms with van der Waals surface area (Å²) in [5, 5.41) is 0. The molecule has 0 radical (unpaired) electrons. The van der Waals surface area contributed by atoms with E-state index in [1.165, 1.54) is 13.8 Å². The third-order valence-corrected chi connectivity index (χ3v) is 1.82. The van der Waals surface area contributed by atoms with Crippen molar-refractivity contribution in [3.8, 4) is 0 Å². The van der Waals surface area contributed by atoms with Gasteiger partial charge in [-0.05, 0) is 20.9 Å². The standard InChI is InChI=1S/C11H21NO4.C2H6/c1-10(13)4-6-15-8-12(3)9-16-7-5-11(2)14;1-2/h4-9H2,1-3H3;1-2H3. The van der Waals surface area contributed by atoms with E-state index >= 15 is 0 Å². The molecule has 5 heteroatoms. The van der Waals surface area contributed by atoms with Crippen LogP contribution in [0.3, 0.4) is 0 Å². The molecule has 0 aliphatic rings. The van der Waals surface area contributed by atoms with Crippen LogP contribution >= 0.6 is 0 Å². The topological polar surface area (TPSA) is 55.8 Å². The van der Waals surface area contributed by atoms with Crippen LogP contribution in [0.2, 0.25) is 0 Å². The van der Waals surface area contributed by atoms with Crippen LogP contribution in [0.4, 0.5) is 0 Å². The van der Waals surface area contributed by atoms with E-state index in [4.69, 9.17) is 9.47 Å². The first-order valence-electron chi connectivity index (χ1n) is 6.35. The highest BCUT2D eigenvalue weighted by Crippen LogP contribution is 1.90. The monoisotopic (exact) mass is 261 g/mol. The molecular weight excluding hydrogens is 234 g/mol. The van der Waals surface area contributed by atoms with Gasteiger partial charge in [0.2, 0.25) is 0 Å². The Hall–Kier alpha value is -0.780. The predicted octanol–water partition coefficient (Wildman–Crippen LogP) is 1.85. The average molecular weight is 261 g/mol. The molecule has 0 amide bonds. The van der Waals surface area contributed by atoms with Crippen molar-refractivity contribution in [2.24, 2.45) is 0 Å². The van der Waals surface area contributed by atoms with Crippen LogP contribution in [0.1, 0.15) is 40.5 Å². The van der Waals surface area contributed by atoms with E-state index in [0.29, 0.717) is 39.5 Å². The second kappa shape index (κ2) is 14.3. The summed E-state index contributed by atoms with van der Waals surface area (Å²) in [5.74, 6) is 0.251. The van der Waals surface area contributed by atoms with Gasteiger partial charge in [-0.3, -0.25) is 14.5 Å². The molecule has 0 N–H and O–H groups in total. The molecular formula is C13H27NO4. The van der Waals surface area contributed by atoms with Crippen LogP contribution in [-0.2, 0) is 19.1 Å². The lowest BCUT2D eigenvalue weighted by atomic mass is 10.3. The highest BCUT2D eigenvalue weighted by molar-refractivity contribution is 5.75. The highest BCUT2D eigenvalue weighted by atomic mass is 16.5. The Balaban J connectivity index is 0. The quantitative estimate of drug-likeness (QED) is 0.444. The Labute approximate surface area is 110 Å². The van der Waals surface area contributed by atoms with E-state index in [9.17, 15) is 9.59 Å². The first-order chi connectivity index (χ1) is 8.52. The smallest absolute Gasteiger partial charge is 0.132 e. The number of Topliss-reactive ketones (excluding diaryl/α,β-unsaturated/α-hetero) is 2. The summed E-state index contributed by atoms with van der Waals surface area (Å²) in [6.45, 7) is 8.80. The van der Waals surface area contributed by atoms with Gasteiger partial charge in [0, 0.05) is 12.8 Å². The van der Waals surface area contributed by atoms with Gasteiger partial charge in [-0.15, -0.1) is 0 Å². The van der Waals surface area contributed by atoms with Crippen molar-refractivity contribution in [3.63, 3.8) is 0 Å². The minimum Gasteiger partial charge on any atom is -0.366 e. The number of rotatable bonds is 10. The van der Waals surface area contributed by atoms with Crippen LogP contribution in [-0.4, -0.2) is 50.2 Å². The van der Waals surface area contributed by atoms with Crippen molar-refractivity contribution in [3.05, 3.63) is 0 Å². The molecule has 0 fully saturated rings. The maximum atomic E-state index is 10.6. The number of carbonyl (C=O) groups is 2. The van der Waals surface area contributed by atoms with Gasteiger partial charge in [0.25, 0.3) is 0 Å². The lowest BCUT2D eigenvalue weighted by Crippen LogP contribution is -2.25. The van der Waals surface area contributed by atoms with Crippen LogP contribution in [0.5, 0.6) is 0 Å². The molecule has 0 aromatic rings. The predicted molar refractivity (Wildman–Crippen MR) is 71.3 cm³/mol. The molecule has 0 saturated heterocycles. The molecule has 0 atom stereocenters. The molecule has 0 rings (SSSR count). The largest absolute Gasteiger partial charge is 0.366 e. The SMILES string of the molecule is CC.CC(=O)CCOCN(C)COCCC(C)=O. The minimum atomic E-state index is 0.125. The van der Waals surface area contributed by atoms with Gasteiger partial charge in [0.15, 0.2) is 0 Å². The van der Waals surface area contributed by atoms with Gasteiger partial charge >= 0.3 is 0 Å². The summed E-state index contributed by atoms with van der Waals surface area (Å²) in [5.41, 5.74) is 0. The Kier molecular flexibility index (Phi) is 15.5. The number of hydrogen-bond donors (Lipinski definition) is 0. The number of ketones is 2. The molecule has 5 nitrogen and oxygen atoms in total. The fraction of sp³-hybridized carbons (Fsp3) is 0.846. The molecule has 0 heterocycles. The first-order valence-corrected chi connectivity index (χ1v) is 6.35. The van der Waals surface area contributed by atoms with E-state index < -0.39 is 0 Å². The number of hydrogen-bond acceptors (Lipinski definition) is 5. The van der Waals surface area contributed by atoms with E-state index in [1.54, 1.807) is 0 Å². The Morgan fingerprint density at radius 2 is 1.22 bits per heavy atom. The molecule has 108 valence electrons. The second-order valence-electron chi connectivity index (χ2n) is 3.83. The lowest BCUT2D eigenvalue weighted by molar-refractivity contribution is -0.118. The van der Waals surface area contributed by atoms with Crippen molar-refractivity contribution < 1.29 is 19.1 Å². The van der Waals surface area contributed by atoms with Crippen LogP contribution < -0.4 is 0 Å². The number of nitrogens with zero attached hydrogens (tertiary/aromatic N) is 1. The second-order valence-corrected chi connectivity index (χ2v) is 3.83. The molecule has 0 unspecified atom stereocenters. The van der Waals surface area contributed by atoms with Crippen molar-refractivity contribution in [1.29, 1.82) is 0 Å². The van der Waals surface area contributed by atoms with Crippen molar-refractivity contribution >= 4 is 11.6 Å². The Morgan fingerprint density at radius 1 is 0.889 bits per heavy atom. The van der Waals surface area contributed by atoms with E-state index in [2.05, 4.69) is 0 Å². The zero-order valence-electron chi connectivity index (χ0n) is 12.3. The third kappa shape index (κ3) is 17.6. The molecule has 0 aliphatic heterocycles. The molecule has 0 bridgehead atoms. The Morgan fingerprint density at radius 3 is 1.50 bits per heavy atom. The zero-order valence-corrected chi connectivity index (χ0v) is 12.3. The Bertz CT molecular complexity index is 197. The van der Waals surface area contributed by atoms with Gasteiger partial charge < -0.3 is 9.47 Å². The summed E-state index contributed by atoms with van der Waals surface area (Å²) in [6, 6.07) is 0. The maximum absolute atomic E-state index is 10.6. The van der Waals surface area contributed by atoms with Gasteiger partial charge in [-0.2, -0.15) is 0 Å². The average Bonchev–Trinajstić information content (AvgIpc) is 2.32. The lowest BCUT2D eigenvalue weighted by Gasteiger charge is -2.16. The van der Waals surface area contributed by atoms with Crippen molar-refractivity contribution in [2.45, 2.75) is 40.5 Å². The van der Waals surface area contributed by atoms with Crippen LogP contribution in [0, 0.1) is 0 Å². The zero-order chi connectivity index (χ0) is 14.4. The van der Waals surface area contributed by atoms with Crippen LogP contribution in [0.15, 0.2) is 0 Å². The molecule has 0 spiro atoms. The normalized spacial score (nSPS) is 9.89. The summed E-state index contributed by atoms with van der Waals surface area (Å²) in [7, 11) is 1.85. The fourth-order valence-corrected chi connectivity index (χ4v) is 0.910. The van der Waals surface area contributed by atoms with Gasteiger partial charge in [0.05, 0.1) is 13.2 Å². The van der Waals surface area contributed by atoms with E-state index in [1.807, 2.05) is 25.8 Å². The molecule has 0 aromatic heterocycles. The molecule has 0 saturated carbocycles. The molecule has 18 heavy (non-hydrogen) atoms. The van der Waals surface area contributed by atoms with E-state index in [0.717, 1.165) is 0 Å². The first kappa shape index (κ1) is 19.6. The third-order valence-electron chi connectivity index (χ3n) is 1.82. The number of ether oxygens (including phenoxy) is 2. The summed E-state index contributed by atoms with van der Waals surface area (Å²) in [6.07, 6.45) is 0.887. The van der Waals surface area contributed by atoms with Crippen LogP contribution in [0.25, 0.3) is 0 Å². The summed E-state index contributed by atoms with van der Waals surface area (Å²) in [4.78, 5) is 23.1. The minimum absolute atomic E-state index is 0.125. The highest BCUT2D eigenvalue weighted by Gasteiger charge is 2.00. The molecule has 0 aromatic carbocycles. The number of carbonyl (C=O) groups excluding carboxylic acids is 2. The maximum Gasteiger partial charge on any atom is 0.132 e.